The number of esters is 2. The summed E-state index contributed by atoms with van der Waals surface area (Å²) in [7, 11) is 0. The fourth-order valence-corrected chi connectivity index (χ4v) is 5.34. The van der Waals surface area contributed by atoms with Crippen molar-refractivity contribution in [1.29, 1.82) is 0 Å². The number of rotatable bonds is 8. The van der Waals surface area contributed by atoms with Crippen LogP contribution in [0.1, 0.15) is 63.0 Å². The second kappa shape index (κ2) is 11.4. The lowest BCUT2D eigenvalue weighted by molar-refractivity contribution is -0.152. The largest absolute Gasteiger partial charge is 0.465 e. The first kappa shape index (κ1) is 25.4. The molecule has 0 fully saturated rings. The van der Waals surface area contributed by atoms with Crippen molar-refractivity contribution < 1.29 is 23.9 Å². The molecule has 6 nitrogen and oxygen atoms in total. The Hall–Kier alpha value is -3.67. The summed E-state index contributed by atoms with van der Waals surface area (Å²) in [6.45, 7) is 5.97. The van der Waals surface area contributed by atoms with Crippen molar-refractivity contribution in [1.82, 2.24) is 5.32 Å². The van der Waals surface area contributed by atoms with Crippen molar-refractivity contribution in [2.24, 2.45) is 5.92 Å². The van der Waals surface area contributed by atoms with E-state index in [1.807, 2.05) is 60.7 Å². The van der Waals surface area contributed by atoms with Crippen LogP contribution >= 0.6 is 0 Å². The molecular formula is C30H33NO5. The Balaban J connectivity index is 1.91. The van der Waals surface area contributed by atoms with Crippen molar-refractivity contribution in [3.8, 4) is 0 Å². The van der Waals surface area contributed by atoms with Gasteiger partial charge < -0.3 is 14.8 Å². The van der Waals surface area contributed by atoms with Crippen LogP contribution < -0.4 is 5.32 Å². The third kappa shape index (κ3) is 4.85. The zero-order valence-electron chi connectivity index (χ0n) is 21.1. The molecule has 4 rings (SSSR count). The molecule has 1 heterocycles. The van der Waals surface area contributed by atoms with E-state index < -0.39 is 23.8 Å². The molecule has 2 aromatic rings. The normalized spacial score (nSPS) is 21.5. The van der Waals surface area contributed by atoms with E-state index in [0.29, 0.717) is 24.0 Å². The maximum Gasteiger partial charge on any atom is 0.336 e. The molecule has 0 radical (unpaired) electrons. The Morgan fingerprint density at radius 3 is 2.08 bits per heavy atom. The Kier molecular flexibility index (Phi) is 8.04. The van der Waals surface area contributed by atoms with Crippen LogP contribution in [-0.4, -0.2) is 30.9 Å². The maximum absolute atomic E-state index is 14.3. The molecule has 2 aromatic carbocycles. The van der Waals surface area contributed by atoms with E-state index >= 15 is 0 Å². The second-order valence-electron chi connectivity index (χ2n) is 9.04. The molecule has 1 aliphatic heterocycles. The van der Waals surface area contributed by atoms with Gasteiger partial charge in [0.25, 0.3) is 0 Å². The Morgan fingerprint density at radius 1 is 0.889 bits per heavy atom. The molecule has 1 aliphatic carbocycles. The molecule has 188 valence electrons. The highest BCUT2D eigenvalue weighted by Crippen LogP contribution is 2.48. The van der Waals surface area contributed by atoms with Crippen LogP contribution in [0.2, 0.25) is 0 Å². The average molecular weight is 488 g/mol. The molecule has 0 unspecified atom stereocenters. The molecule has 36 heavy (non-hydrogen) atoms. The fraction of sp³-hybridized carbons (Fsp3) is 0.367. The lowest BCUT2D eigenvalue weighted by atomic mass is 9.67. The molecule has 0 bridgehead atoms. The van der Waals surface area contributed by atoms with E-state index in [4.69, 9.17) is 9.47 Å². The van der Waals surface area contributed by atoms with Crippen molar-refractivity contribution in [2.45, 2.75) is 51.9 Å². The van der Waals surface area contributed by atoms with Gasteiger partial charge in [0.05, 0.1) is 18.8 Å². The van der Waals surface area contributed by atoms with Crippen molar-refractivity contribution in [3.63, 3.8) is 0 Å². The average Bonchev–Trinajstić information content (AvgIpc) is 2.89. The number of ketones is 1. The molecule has 1 N–H and O–H groups in total. The Labute approximate surface area is 212 Å². The first-order chi connectivity index (χ1) is 17.5. The predicted octanol–water partition coefficient (Wildman–Crippen LogP) is 5.18. The number of hydrogen-bond acceptors (Lipinski definition) is 6. The highest BCUT2D eigenvalue weighted by molar-refractivity contribution is 6.13. The van der Waals surface area contributed by atoms with Crippen LogP contribution in [0.3, 0.4) is 0 Å². The van der Waals surface area contributed by atoms with E-state index in [-0.39, 0.29) is 24.9 Å². The van der Waals surface area contributed by atoms with E-state index in [0.717, 1.165) is 28.9 Å². The molecule has 0 saturated heterocycles. The SMILES string of the molecule is CCCC1=C(C(=O)OCC)[C@@H](c2ccccc2)C2=C(C[C@@H](c3ccccc3)[C@@H](C(=O)OCC)C2=O)N1. The van der Waals surface area contributed by atoms with Crippen LogP contribution in [0.15, 0.2) is 83.2 Å². The van der Waals surface area contributed by atoms with Gasteiger partial charge in [0.2, 0.25) is 0 Å². The number of nitrogens with one attached hydrogen (secondary N) is 1. The van der Waals surface area contributed by atoms with Gasteiger partial charge in [0.1, 0.15) is 5.92 Å². The van der Waals surface area contributed by atoms with Crippen LogP contribution in [0.25, 0.3) is 0 Å². The third-order valence-corrected chi connectivity index (χ3v) is 6.80. The summed E-state index contributed by atoms with van der Waals surface area (Å²) >= 11 is 0. The topological polar surface area (TPSA) is 81.7 Å². The summed E-state index contributed by atoms with van der Waals surface area (Å²) in [5.41, 5.74) is 4.16. The van der Waals surface area contributed by atoms with Gasteiger partial charge in [-0.3, -0.25) is 9.59 Å². The number of carbonyl (C=O) groups excluding carboxylic acids is 3. The molecule has 0 spiro atoms. The van der Waals surface area contributed by atoms with Gasteiger partial charge in [0.15, 0.2) is 5.78 Å². The van der Waals surface area contributed by atoms with Crippen molar-refractivity contribution >= 4 is 17.7 Å². The van der Waals surface area contributed by atoms with E-state index in [9.17, 15) is 14.4 Å². The van der Waals surface area contributed by atoms with E-state index in [1.54, 1.807) is 13.8 Å². The zero-order valence-corrected chi connectivity index (χ0v) is 21.1. The van der Waals surface area contributed by atoms with Gasteiger partial charge in [-0.05, 0) is 37.8 Å². The van der Waals surface area contributed by atoms with Crippen molar-refractivity contribution in [3.05, 3.63) is 94.3 Å². The molecule has 6 heteroatoms. The van der Waals surface area contributed by atoms with Gasteiger partial charge in [0, 0.05) is 28.8 Å². The van der Waals surface area contributed by atoms with Gasteiger partial charge in [-0.1, -0.05) is 74.0 Å². The predicted molar refractivity (Wildman–Crippen MR) is 137 cm³/mol. The Bertz CT molecular complexity index is 1180. The van der Waals surface area contributed by atoms with Gasteiger partial charge in [-0.15, -0.1) is 0 Å². The minimum Gasteiger partial charge on any atom is -0.465 e. The number of carbonyl (C=O) groups is 3. The van der Waals surface area contributed by atoms with E-state index in [1.165, 1.54) is 0 Å². The summed E-state index contributed by atoms with van der Waals surface area (Å²) in [5, 5.41) is 3.45. The van der Waals surface area contributed by atoms with Gasteiger partial charge >= 0.3 is 11.9 Å². The van der Waals surface area contributed by atoms with Crippen LogP contribution in [0.4, 0.5) is 0 Å². The summed E-state index contributed by atoms with van der Waals surface area (Å²) in [4.78, 5) is 40.8. The molecule has 0 aromatic heterocycles. The number of benzene rings is 2. The smallest absolute Gasteiger partial charge is 0.336 e. The monoisotopic (exact) mass is 487 g/mol. The summed E-state index contributed by atoms with van der Waals surface area (Å²) in [6, 6.07) is 19.1. The highest BCUT2D eigenvalue weighted by Gasteiger charge is 2.49. The first-order valence-electron chi connectivity index (χ1n) is 12.7. The number of Topliss-reactive ketones (excluding diaryl/α,β-unsaturated/α-hetero) is 1. The maximum atomic E-state index is 14.3. The fourth-order valence-electron chi connectivity index (χ4n) is 5.34. The number of dihydropyridines is 1. The minimum absolute atomic E-state index is 0.186. The van der Waals surface area contributed by atoms with E-state index in [2.05, 4.69) is 12.2 Å². The number of allylic oxidation sites excluding steroid dienone is 3. The standard InChI is InChI=1S/C30H33NO5/c1-4-13-22-27(30(34)36-6-3)24(20-16-11-8-12-17-20)26-23(31-22)18-21(19-14-9-7-10-15-19)25(28(26)32)29(33)35-5-2/h7-12,14-17,21,24-25,31H,4-6,13,18H2,1-3H3/t21-,24-,25+/m0/s1. The molecular weight excluding hydrogens is 454 g/mol. The first-order valence-corrected chi connectivity index (χ1v) is 12.7. The lowest BCUT2D eigenvalue weighted by Crippen LogP contribution is -2.43. The molecule has 3 atom stereocenters. The molecule has 2 aliphatic rings. The Morgan fingerprint density at radius 2 is 1.50 bits per heavy atom. The summed E-state index contributed by atoms with van der Waals surface area (Å²) < 4.78 is 10.9. The van der Waals surface area contributed by atoms with Gasteiger partial charge in [-0.25, -0.2) is 4.79 Å². The minimum atomic E-state index is -0.990. The van der Waals surface area contributed by atoms with Crippen LogP contribution in [0.5, 0.6) is 0 Å². The number of hydrogen-bond donors (Lipinski definition) is 1. The quantitative estimate of drug-likeness (QED) is 0.408. The van der Waals surface area contributed by atoms with Gasteiger partial charge in [-0.2, -0.15) is 0 Å². The molecule has 0 amide bonds. The third-order valence-electron chi connectivity index (χ3n) is 6.80. The highest BCUT2D eigenvalue weighted by atomic mass is 16.5. The zero-order chi connectivity index (χ0) is 25.7. The lowest BCUT2D eigenvalue weighted by Gasteiger charge is -2.40. The molecule has 0 saturated carbocycles. The summed E-state index contributed by atoms with van der Waals surface area (Å²) in [6.07, 6.45) is 1.91. The summed E-state index contributed by atoms with van der Waals surface area (Å²) in [5.74, 6) is -3.26. The van der Waals surface area contributed by atoms with Crippen LogP contribution in [0, 0.1) is 5.92 Å². The van der Waals surface area contributed by atoms with Crippen molar-refractivity contribution in [2.75, 3.05) is 13.2 Å². The van der Waals surface area contributed by atoms with Crippen LogP contribution in [-0.2, 0) is 23.9 Å². The second-order valence-corrected chi connectivity index (χ2v) is 9.04. The number of ether oxygens (including phenoxy) is 2.